The number of esters is 2. The molecule has 0 spiro atoms. The van der Waals surface area contributed by atoms with Gasteiger partial charge >= 0.3 is 83.0 Å². The molecule has 20 nitrogen and oxygen atoms in total. The van der Waals surface area contributed by atoms with Crippen LogP contribution in [0, 0.1) is 0 Å². The molecule has 226 valence electrons. The van der Waals surface area contributed by atoms with Gasteiger partial charge in [-0.15, -0.1) is 10.1 Å². The maximum Gasteiger partial charge on any atom is 1.00 e. The first kappa shape index (κ1) is 40.0. The normalized spacial score (nSPS) is 18.6. The number of imide groups is 2. The summed E-state index contributed by atoms with van der Waals surface area (Å²) < 4.78 is 71.3. The van der Waals surface area contributed by atoms with Crippen molar-refractivity contribution in [1.29, 1.82) is 0 Å². The zero-order chi connectivity index (χ0) is 30.4. The van der Waals surface area contributed by atoms with Crippen LogP contribution in [0.4, 0.5) is 0 Å². The summed E-state index contributed by atoms with van der Waals surface area (Å²) >= 11 is 0. The van der Waals surface area contributed by atoms with Crippen LogP contribution in [0.3, 0.4) is 0 Å². The average molecular weight is 664 g/mol. The summed E-state index contributed by atoms with van der Waals surface area (Å²) in [6.45, 7) is -1.01. The molecule has 24 heteroatoms. The Bertz CT molecular complexity index is 1260. The molecule has 2 saturated heterocycles. The predicted molar refractivity (Wildman–Crippen MR) is 118 cm³/mol. The summed E-state index contributed by atoms with van der Waals surface area (Å²) in [6, 6.07) is 0. The quantitative estimate of drug-likeness (QED) is 0.0607. The Balaban J connectivity index is -0.00000420. The number of amides is 4. The molecule has 4 amide bonds. The number of carbonyl (C=O) groups excluding carboxylic acids is 8. The molecule has 2 fully saturated rings. The predicted octanol–water partition coefficient (Wildman–Crippen LogP) is -9.19. The first-order valence-electron chi connectivity index (χ1n) is 10.8. The van der Waals surface area contributed by atoms with Gasteiger partial charge < -0.3 is 22.0 Å². The van der Waals surface area contributed by atoms with Gasteiger partial charge in [-0.05, 0) is 0 Å². The molecule has 2 rings (SSSR count). The molecular weight excluding hydrogens is 642 g/mol. The van der Waals surface area contributed by atoms with Gasteiger partial charge in [0.15, 0.2) is 10.5 Å². The van der Waals surface area contributed by atoms with E-state index in [0.717, 1.165) is 0 Å². The molecule has 0 aromatic heterocycles. The van der Waals surface area contributed by atoms with Gasteiger partial charge in [0.2, 0.25) is 0 Å². The summed E-state index contributed by atoms with van der Waals surface area (Å²) in [5, 5.41) is -4.52. The molecule has 2 aliphatic heterocycles. The van der Waals surface area contributed by atoms with Gasteiger partial charge in [-0.2, -0.15) is 16.8 Å². The molecule has 0 radical (unpaired) electrons. The topological polar surface area (TPSA) is 289 Å². The minimum absolute atomic E-state index is 0. The fourth-order valence-corrected chi connectivity index (χ4v) is 4.39. The molecule has 2 aliphatic rings. The second-order valence-electron chi connectivity index (χ2n) is 7.84. The Kier molecular flexibility index (Phi) is 15.9. The number of rotatable bonds is 13. The second kappa shape index (κ2) is 16.7. The first-order chi connectivity index (χ1) is 18.4. The van der Waals surface area contributed by atoms with Gasteiger partial charge in [0.25, 0.3) is 43.9 Å². The Morgan fingerprint density at radius 3 is 1.19 bits per heavy atom. The minimum atomic E-state index is -4.91. The molecule has 0 aliphatic carbocycles. The van der Waals surface area contributed by atoms with Crippen LogP contribution in [0.25, 0.3) is 0 Å². The molecule has 0 aromatic rings. The Morgan fingerprint density at radius 1 is 0.643 bits per heavy atom. The van der Waals surface area contributed by atoms with Gasteiger partial charge in [0.1, 0.15) is 13.2 Å². The third kappa shape index (κ3) is 11.6. The van der Waals surface area contributed by atoms with Crippen molar-refractivity contribution < 1.29 is 145 Å². The van der Waals surface area contributed by atoms with E-state index in [9.17, 15) is 55.2 Å². The van der Waals surface area contributed by atoms with Crippen molar-refractivity contribution in [2.75, 3.05) is 13.2 Å². The zero-order valence-corrected chi connectivity index (χ0v) is 27.6. The fraction of sp³-hybridized carbons (Fsp3) is 0.556. The van der Waals surface area contributed by atoms with Crippen molar-refractivity contribution >= 4 is 67.7 Å². The molecule has 0 aromatic carbocycles. The van der Waals surface area contributed by atoms with Crippen molar-refractivity contribution in [1.82, 2.24) is 10.1 Å². The van der Waals surface area contributed by atoms with Crippen molar-refractivity contribution in [3.8, 4) is 0 Å². The maximum absolute atomic E-state index is 11.8. The summed E-state index contributed by atoms with van der Waals surface area (Å²) in [4.78, 5) is 102. The van der Waals surface area contributed by atoms with E-state index in [1.807, 2.05) is 0 Å². The van der Waals surface area contributed by atoms with Crippen LogP contribution >= 0.6 is 0 Å². The van der Waals surface area contributed by atoms with Gasteiger partial charge in [-0.1, -0.05) is 0 Å². The van der Waals surface area contributed by atoms with E-state index in [-0.39, 0.29) is 72.1 Å². The molecule has 0 bridgehead atoms. The van der Waals surface area contributed by atoms with Gasteiger partial charge in [-0.25, -0.2) is 9.59 Å². The van der Waals surface area contributed by atoms with Crippen molar-refractivity contribution in [3.63, 3.8) is 0 Å². The first-order valence-corrected chi connectivity index (χ1v) is 13.8. The van der Waals surface area contributed by atoms with E-state index < -0.39 is 130 Å². The van der Waals surface area contributed by atoms with E-state index >= 15 is 0 Å². The monoisotopic (exact) mass is 664 g/mol. The number of hydroxylamine groups is 4. The van der Waals surface area contributed by atoms with E-state index in [4.69, 9.17) is 9.11 Å². The van der Waals surface area contributed by atoms with Crippen molar-refractivity contribution in [3.05, 3.63) is 0 Å². The Labute approximate surface area is 283 Å². The standard InChI is InChI=1S/C18H20N2O18S2.2Na.2H/c21-11-7-9(39(29,30)31)17(27)19(11)37-15(25)3-1-13(23)35-5-6-36-14(24)2-4-16(26)38-20-12(22)8-10(18(20)28)40(32,33)34;;;;/h9-10H,1-8H2,(H,29,30,31)(H,32,33,34);;;;/q;2*+1;2*-1. The molecule has 42 heavy (non-hydrogen) atoms. The summed E-state index contributed by atoms with van der Waals surface area (Å²) in [6.07, 6.45) is -4.54. The second-order valence-corrected chi connectivity index (χ2v) is 11.0. The molecule has 2 unspecified atom stereocenters. The Hall–Kier alpha value is -2.02. The van der Waals surface area contributed by atoms with E-state index in [0.29, 0.717) is 0 Å². The van der Waals surface area contributed by atoms with Crippen LogP contribution in [-0.2, 0) is 77.7 Å². The number of nitrogens with zero attached hydrogens (tertiary/aromatic N) is 2. The van der Waals surface area contributed by atoms with E-state index in [1.165, 1.54) is 0 Å². The van der Waals surface area contributed by atoms with E-state index in [2.05, 4.69) is 19.1 Å². The number of hydrogen-bond acceptors (Lipinski definition) is 16. The van der Waals surface area contributed by atoms with Crippen LogP contribution < -0.4 is 59.1 Å². The largest absolute Gasteiger partial charge is 1.00 e. The van der Waals surface area contributed by atoms with Crippen LogP contribution in [-0.4, -0.2) is 107 Å². The van der Waals surface area contributed by atoms with Crippen molar-refractivity contribution in [2.45, 2.75) is 49.0 Å². The summed E-state index contributed by atoms with van der Waals surface area (Å²) in [5.74, 6) is -9.95. The van der Waals surface area contributed by atoms with Gasteiger partial charge in [-0.3, -0.25) is 37.9 Å². The summed E-state index contributed by atoms with van der Waals surface area (Å²) in [5.41, 5.74) is 0. The van der Waals surface area contributed by atoms with Crippen LogP contribution in [0.5, 0.6) is 0 Å². The van der Waals surface area contributed by atoms with Gasteiger partial charge in [0.05, 0.1) is 38.5 Å². The Morgan fingerprint density at radius 2 is 0.929 bits per heavy atom. The average Bonchev–Trinajstić information content (AvgIpc) is 3.29. The van der Waals surface area contributed by atoms with Crippen molar-refractivity contribution in [2.24, 2.45) is 0 Å². The summed E-state index contributed by atoms with van der Waals surface area (Å²) in [7, 11) is -9.82. The molecular formula is C18H22N2Na2O18S2. The number of hydrogen-bond donors (Lipinski definition) is 2. The third-order valence-electron chi connectivity index (χ3n) is 4.91. The molecule has 0 saturated carbocycles. The number of ether oxygens (including phenoxy) is 2. The minimum Gasteiger partial charge on any atom is -1.00 e. The van der Waals surface area contributed by atoms with E-state index in [1.54, 1.807) is 0 Å². The van der Waals surface area contributed by atoms with Crippen LogP contribution in [0.1, 0.15) is 41.4 Å². The van der Waals surface area contributed by atoms with Gasteiger partial charge in [0, 0.05) is 0 Å². The molecule has 2 heterocycles. The van der Waals surface area contributed by atoms with Crippen LogP contribution in [0.2, 0.25) is 0 Å². The fourth-order valence-electron chi connectivity index (χ4n) is 2.98. The molecule has 2 atom stereocenters. The number of carbonyl (C=O) groups is 8. The smallest absolute Gasteiger partial charge is 1.00 e. The third-order valence-corrected chi connectivity index (χ3v) is 7.08. The maximum atomic E-state index is 11.8. The SMILES string of the molecule is O=C(CCC(=O)ON1C(=O)CC(S(=O)(=O)O)C1=O)OCCOC(=O)CCC(=O)ON1C(=O)CC(S(=O)(=O)O)C1=O.[H-].[H-].[Na+].[Na+]. The van der Waals surface area contributed by atoms with Crippen LogP contribution in [0.15, 0.2) is 0 Å². The molecule has 2 N–H and O–H groups in total. The zero-order valence-electron chi connectivity index (χ0n) is 23.9.